The highest BCUT2D eigenvalue weighted by atomic mass is 32.1. The molecule has 1 saturated heterocycles. The van der Waals surface area contributed by atoms with Crippen LogP contribution in [0.5, 0.6) is 0 Å². The topological polar surface area (TPSA) is 32.3 Å². The van der Waals surface area contributed by atoms with E-state index in [9.17, 15) is 4.79 Å². The van der Waals surface area contributed by atoms with Crippen molar-refractivity contribution >= 4 is 17.2 Å². The number of aryl methyl sites for hydroxylation is 1. The molecule has 1 amide bonds. The largest absolute Gasteiger partial charge is 0.322 e. The predicted molar refractivity (Wildman–Crippen MR) is 57.1 cm³/mol. The predicted octanol–water partition coefficient (Wildman–Crippen LogP) is 1.33. The Morgan fingerprint density at radius 3 is 2.93 bits per heavy atom. The molecule has 2 rings (SSSR count). The van der Waals surface area contributed by atoms with Gasteiger partial charge in [-0.05, 0) is 35.7 Å². The van der Waals surface area contributed by atoms with Crippen molar-refractivity contribution in [3.05, 3.63) is 21.9 Å². The lowest BCUT2D eigenvalue weighted by Crippen LogP contribution is -2.34. The van der Waals surface area contributed by atoms with Crippen molar-refractivity contribution in [2.75, 3.05) is 6.54 Å². The minimum atomic E-state index is 0.168. The molecule has 0 radical (unpaired) electrons. The Morgan fingerprint density at radius 2 is 2.43 bits per heavy atom. The molecule has 2 heterocycles. The van der Waals surface area contributed by atoms with Gasteiger partial charge in [0.25, 0.3) is 0 Å². The van der Waals surface area contributed by atoms with Gasteiger partial charge in [-0.25, -0.2) is 0 Å². The van der Waals surface area contributed by atoms with E-state index in [1.807, 2.05) is 11.8 Å². The lowest BCUT2D eigenvalue weighted by molar-refractivity contribution is -0.128. The normalized spacial score (nSPS) is 22.0. The molecular formula is C10H14N2OS. The van der Waals surface area contributed by atoms with Gasteiger partial charge in [0.1, 0.15) is 0 Å². The van der Waals surface area contributed by atoms with Gasteiger partial charge < -0.3 is 4.90 Å². The van der Waals surface area contributed by atoms with Crippen molar-refractivity contribution < 1.29 is 4.79 Å². The lowest BCUT2D eigenvalue weighted by atomic mass is 10.2. The summed E-state index contributed by atoms with van der Waals surface area (Å²) >= 11 is 1.69. The van der Waals surface area contributed by atoms with E-state index in [0.29, 0.717) is 6.54 Å². The van der Waals surface area contributed by atoms with E-state index >= 15 is 0 Å². The summed E-state index contributed by atoms with van der Waals surface area (Å²) in [6, 6.07) is 0. The molecule has 1 unspecified atom stereocenters. The molecule has 4 heteroatoms. The quantitative estimate of drug-likeness (QED) is 0.799. The van der Waals surface area contributed by atoms with Crippen LogP contribution in [0.4, 0.5) is 0 Å². The maximum Gasteiger partial charge on any atom is 0.238 e. The number of rotatable bonds is 2. The summed E-state index contributed by atoms with van der Waals surface area (Å²) < 4.78 is 0. The Kier molecular flexibility index (Phi) is 2.56. The molecule has 3 nitrogen and oxygen atoms in total. The maximum absolute atomic E-state index is 11.5. The van der Waals surface area contributed by atoms with Crippen molar-refractivity contribution in [2.45, 2.75) is 26.6 Å². The maximum atomic E-state index is 11.5. The summed E-state index contributed by atoms with van der Waals surface area (Å²) in [6.07, 6.45) is 0.168. The molecule has 1 aliphatic heterocycles. The second-order valence-electron chi connectivity index (χ2n) is 3.66. The van der Waals surface area contributed by atoms with Gasteiger partial charge in [0, 0.05) is 6.54 Å². The number of thiophene rings is 1. The van der Waals surface area contributed by atoms with Gasteiger partial charge in [0.05, 0.1) is 12.7 Å². The van der Waals surface area contributed by atoms with E-state index < -0.39 is 0 Å². The first-order valence-electron chi connectivity index (χ1n) is 4.73. The average molecular weight is 210 g/mol. The fraction of sp³-hybridized carbons (Fsp3) is 0.500. The summed E-state index contributed by atoms with van der Waals surface area (Å²) in [5, 5.41) is 7.37. The third kappa shape index (κ3) is 1.67. The van der Waals surface area contributed by atoms with Crippen molar-refractivity contribution in [3.8, 4) is 0 Å². The van der Waals surface area contributed by atoms with Crippen LogP contribution in [0.1, 0.15) is 18.1 Å². The molecule has 0 spiro atoms. The summed E-state index contributed by atoms with van der Waals surface area (Å²) in [5.41, 5.74) is 2.54. The van der Waals surface area contributed by atoms with Crippen LogP contribution in [0.3, 0.4) is 0 Å². The number of hydrogen-bond acceptors (Lipinski definition) is 3. The zero-order valence-corrected chi connectivity index (χ0v) is 9.23. The van der Waals surface area contributed by atoms with Gasteiger partial charge in [-0.3, -0.25) is 10.1 Å². The number of carbonyl (C=O) groups excluding carboxylic acids is 1. The highest BCUT2D eigenvalue weighted by Crippen LogP contribution is 2.18. The Labute approximate surface area is 87.7 Å². The molecule has 1 atom stereocenters. The summed E-state index contributed by atoms with van der Waals surface area (Å²) in [5.74, 6) is 0.197. The molecule has 14 heavy (non-hydrogen) atoms. The summed E-state index contributed by atoms with van der Waals surface area (Å²) in [6.45, 7) is 5.32. The van der Waals surface area contributed by atoms with Crippen LogP contribution in [-0.4, -0.2) is 23.5 Å². The van der Waals surface area contributed by atoms with Crippen LogP contribution >= 0.6 is 11.3 Å². The third-order valence-electron chi connectivity index (χ3n) is 2.64. The SMILES string of the molecule is Cc1cscc1CN1C(=O)CNC1C. The van der Waals surface area contributed by atoms with Gasteiger partial charge in [0.2, 0.25) is 5.91 Å². The first-order chi connectivity index (χ1) is 6.68. The minimum absolute atomic E-state index is 0.168. The zero-order valence-electron chi connectivity index (χ0n) is 8.41. The first-order valence-corrected chi connectivity index (χ1v) is 5.67. The second-order valence-corrected chi connectivity index (χ2v) is 4.40. The van der Waals surface area contributed by atoms with E-state index in [0.717, 1.165) is 6.54 Å². The highest BCUT2D eigenvalue weighted by molar-refractivity contribution is 7.08. The van der Waals surface area contributed by atoms with E-state index in [-0.39, 0.29) is 12.1 Å². The van der Waals surface area contributed by atoms with Crippen LogP contribution in [0, 0.1) is 6.92 Å². The van der Waals surface area contributed by atoms with Crippen LogP contribution < -0.4 is 5.32 Å². The Balaban J connectivity index is 2.11. The molecule has 76 valence electrons. The van der Waals surface area contributed by atoms with E-state index in [1.54, 1.807) is 11.3 Å². The fourth-order valence-electron chi connectivity index (χ4n) is 1.62. The number of amides is 1. The molecule has 0 aliphatic carbocycles. The van der Waals surface area contributed by atoms with Crippen molar-refractivity contribution in [1.82, 2.24) is 10.2 Å². The van der Waals surface area contributed by atoms with E-state index in [2.05, 4.69) is 23.0 Å². The molecule has 1 aliphatic rings. The van der Waals surface area contributed by atoms with Crippen LogP contribution in [0.25, 0.3) is 0 Å². The molecule has 1 aromatic rings. The molecule has 0 bridgehead atoms. The number of hydrogen-bond donors (Lipinski definition) is 1. The van der Waals surface area contributed by atoms with Crippen LogP contribution in [0.15, 0.2) is 10.8 Å². The lowest BCUT2D eigenvalue weighted by Gasteiger charge is -2.20. The van der Waals surface area contributed by atoms with Crippen LogP contribution in [0.2, 0.25) is 0 Å². The third-order valence-corrected chi connectivity index (χ3v) is 3.55. The molecular weight excluding hydrogens is 196 g/mol. The molecule has 0 aromatic carbocycles. The Hall–Kier alpha value is -0.870. The zero-order chi connectivity index (χ0) is 10.1. The van der Waals surface area contributed by atoms with Gasteiger partial charge in [-0.15, -0.1) is 0 Å². The van der Waals surface area contributed by atoms with E-state index in [4.69, 9.17) is 0 Å². The van der Waals surface area contributed by atoms with Crippen LogP contribution in [-0.2, 0) is 11.3 Å². The van der Waals surface area contributed by atoms with Crippen molar-refractivity contribution in [2.24, 2.45) is 0 Å². The first kappa shape index (κ1) is 9.68. The van der Waals surface area contributed by atoms with Gasteiger partial charge in [0.15, 0.2) is 0 Å². The van der Waals surface area contributed by atoms with Crippen molar-refractivity contribution in [1.29, 1.82) is 0 Å². The molecule has 1 fully saturated rings. The Morgan fingerprint density at radius 1 is 1.64 bits per heavy atom. The minimum Gasteiger partial charge on any atom is -0.322 e. The standard InChI is InChI=1S/C10H14N2OS/c1-7-5-14-6-9(7)4-12-8(2)11-3-10(12)13/h5-6,8,11H,3-4H2,1-2H3. The van der Waals surface area contributed by atoms with Gasteiger partial charge in [-0.1, -0.05) is 0 Å². The monoisotopic (exact) mass is 210 g/mol. The number of carbonyl (C=O) groups is 1. The average Bonchev–Trinajstić information content (AvgIpc) is 2.67. The second kappa shape index (κ2) is 3.71. The van der Waals surface area contributed by atoms with Gasteiger partial charge >= 0.3 is 0 Å². The number of nitrogens with one attached hydrogen (secondary N) is 1. The fourth-order valence-corrected chi connectivity index (χ4v) is 2.47. The Bertz CT molecular complexity index is 348. The smallest absolute Gasteiger partial charge is 0.238 e. The highest BCUT2D eigenvalue weighted by Gasteiger charge is 2.26. The molecule has 0 saturated carbocycles. The molecule has 1 N–H and O–H groups in total. The summed E-state index contributed by atoms with van der Waals surface area (Å²) in [4.78, 5) is 13.4. The number of nitrogens with zero attached hydrogens (tertiary/aromatic N) is 1. The van der Waals surface area contributed by atoms with Crippen molar-refractivity contribution in [3.63, 3.8) is 0 Å². The van der Waals surface area contributed by atoms with Gasteiger partial charge in [-0.2, -0.15) is 11.3 Å². The molecule has 1 aromatic heterocycles. The van der Waals surface area contributed by atoms with E-state index in [1.165, 1.54) is 11.1 Å². The summed E-state index contributed by atoms with van der Waals surface area (Å²) in [7, 11) is 0.